The Morgan fingerprint density at radius 3 is 2.31 bits per heavy atom. The Hall–Kier alpha value is -0.0900. The van der Waals surface area contributed by atoms with Gasteiger partial charge in [-0.3, -0.25) is 0 Å². The van der Waals surface area contributed by atoms with Crippen molar-refractivity contribution < 1.29 is 8.42 Å². The summed E-state index contributed by atoms with van der Waals surface area (Å²) in [6.45, 7) is 5.74. The molecule has 1 aliphatic rings. The van der Waals surface area contributed by atoms with Crippen molar-refractivity contribution in [2.24, 2.45) is 5.41 Å². The minimum absolute atomic E-state index is 0.295. The van der Waals surface area contributed by atoms with E-state index in [0.29, 0.717) is 23.5 Å². The number of hydrogen-bond donors (Lipinski definition) is 1. The predicted molar refractivity (Wildman–Crippen MR) is 68.4 cm³/mol. The first kappa shape index (κ1) is 14.0. The van der Waals surface area contributed by atoms with E-state index in [1.165, 1.54) is 25.7 Å². The Bertz CT molecular complexity index is 294. The van der Waals surface area contributed by atoms with Crippen molar-refractivity contribution in [3.05, 3.63) is 0 Å². The molecule has 3 nitrogen and oxygen atoms in total. The van der Waals surface area contributed by atoms with E-state index in [4.69, 9.17) is 0 Å². The van der Waals surface area contributed by atoms with Gasteiger partial charge in [-0.25, -0.2) is 8.42 Å². The van der Waals surface area contributed by atoms with Gasteiger partial charge in [0.2, 0.25) is 0 Å². The second kappa shape index (κ2) is 6.01. The zero-order valence-electron chi connectivity index (χ0n) is 10.6. The first-order chi connectivity index (χ1) is 7.54. The van der Waals surface area contributed by atoms with Gasteiger partial charge in [-0.05, 0) is 31.1 Å². The summed E-state index contributed by atoms with van der Waals surface area (Å²) in [5, 5.41) is 3.31. The third-order valence-electron chi connectivity index (χ3n) is 3.34. The van der Waals surface area contributed by atoms with Crippen molar-refractivity contribution in [2.45, 2.75) is 46.0 Å². The number of hydrogen-bond acceptors (Lipinski definition) is 3. The highest BCUT2D eigenvalue weighted by molar-refractivity contribution is 7.91. The minimum atomic E-state index is -2.80. The lowest BCUT2D eigenvalue weighted by Crippen LogP contribution is -2.29. The van der Waals surface area contributed by atoms with E-state index < -0.39 is 9.84 Å². The molecule has 0 atom stereocenters. The molecule has 0 aromatic carbocycles. The summed E-state index contributed by atoms with van der Waals surface area (Å²) >= 11 is 0. The summed E-state index contributed by atoms with van der Waals surface area (Å²) in [5.41, 5.74) is 0.517. The van der Waals surface area contributed by atoms with Crippen molar-refractivity contribution in [1.29, 1.82) is 0 Å². The second-order valence-corrected chi connectivity index (χ2v) is 7.38. The van der Waals surface area contributed by atoms with Gasteiger partial charge in [-0.1, -0.05) is 20.3 Å². The number of nitrogens with one attached hydrogen (secondary N) is 1. The second-order valence-electron chi connectivity index (χ2n) is 5.08. The van der Waals surface area contributed by atoms with E-state index in [2.05, 4.69) is 12.2 Å². The topological polar surface area (TPSA) is 46.2 Å². The fourth-order valence-corrected chi connectivity index (χ4v) is 3.50. The molecule has 1 N–H and O–H groups in total. The summed E-state index contributed by atoms with van der Waals surface area (Å²) in [6, 6.07) is 0. The fourth-order valence-electron chi connectivity index (χ4n) is 2.22. The van der Waals surface area contributed by atoms with E-state index >= 15 is 0 Å². The zero-order chi connectivity index (χ0) is 12.1. The molecule has 0 unspecified atom stereocenters. The average molecular weight is 247 g/mol. The van der Waals surface area contributed by atoms with Gasteiger partial charge in [0.1, 0.15) is 0 Å². The first-order valence-electron chi connectivity index (χ1n) is 6.45. The van der Waals surface area contributed by atoms with Crippen LogP contribution in [0.5, 0.6) is 0 Å². The minimum Gasteiger partial charge on any atom is -0.315 e. The smallest absolute Gasteiger partial charge is 0.151 e. The Balaban J connectivity index is 2.12. The van der Waals surface area contributed by atoms with Crippen LogP contribution >= 0.6 is 0 Å². The van der Waals surface area contributed by atoms with E-state index in [1.54, 1.807) is 0 Å². The summed E-state index contributed by atoms with van der Waals surface area (Å²) in [4.78, 5) is 0. The molecule has 0 spiro atoms. The van der Waals surface area contributed by atoms with Gasteiger partial charge in [-0.2, -0.15) is 0 Å². The molecule has 0 radical (unpaired) electrons. The van der Waals surface area contributed by atoms with E-state index in [1.807, 2.05) is 6.92 Å². The van der Waals surface area contributed by atoms with Crippen molar-refractivity contribution in [2.75, 3.05) is 24.6 Å². The number of sulfone groups is 1. The van der Waals surface area contributed by atoms with Gasteiger partial charge in [0.15, 0.2) is 9.84 Å². The third-order valence-corrected chi connectivity index (χ3v) is 5.20. The Kier molecular flexibility index (Phi) is 5.25. The van der Waals surface area contributed by atoms with E-state index in [-0.39, 0.29) is 0 Å². The van der Waals surface area contributed by atoms with Crippen molar-refractivity contribution in [1.82, 2.24) is 5.32 Å². The van der Waals surface area contributed by atoms with Crippen LogP contribution in [0.4, 0.5) is 0 Å². The average Bonchev–Trinajstić information content (AvgIpc) is 2.94. The highest BCUT2D eigenvalue weighted by atomic mass is 32.2. The van der Waals surface area contributed by atoms with Crippen molar-refractivity contribution in [3.8, 4) is 0 Å². The summed E-state index contributed by atoms with van der Waals surface area (Å²) in [5.74, 6) is 0.623. The molecule has 96 valence electrons. The highest BCUT2D eigenvalue weighted by Crippen LogP contribution is 2.48. The van der Waals surface area contributed by atoms with Crippen LogP contribution in [0.25, 0.3) is 0 Å². The van der Waals surface area contributed by atoms with E-state index in [0.717, 1.165) is 13.0 Å². The Morgan fingerprint density at radius 1 is 1.12 bits per heavy atom. The number of rotatable bonds is 9. The standard InChI is InChI=1S/C12H25NO2S/c1-3-5-12(6-7-12)11-13-8-10-16(14,15)9-4-2/h13H,3-11H2,1-2H3. The molecule has 0 saturated heterocycles. The SMILES string of the molecule is CCCC1(CNCCS(=O)(=O)CCC)CC1. The van der Waals surface area contributed by atoms with Crippen LogP contribution in [-0.2, 0) is 9.84 Å². The predicted octanol–water partition coefficient (Wildman–Crippen LogP) is 1.98. The molecular weight excluding hydrogens is 222 g/mol. The van der Waals surface area contributed by atoms with Crippen LogP contribution in [0.15, 0.2) is 0 Å². The van der Waals surface area contributed by atoms with Crippen LogP contribution in [0.2, 0.25) is 0 Å². The molecule has 1 rings (SSSR count). The maximum atomic E-state index is 11.5. The van der Waals surface area contributed by atoms with Crippen LogP contribution in [-0.4, -0.2) is 33.0 Å². The lowest BCUT2D eigenvalue weighted by Gasteiger charge is -2.14. The van der Waals surface area contributed by atoms with Gasteiger partial charge in [0.25, 0.3) is 0 Å². The summed E-state index contributed by atoms with van der Waals surface area (Å²) in [6.07, 6.45) is 5.87. The molecule has 0 heterocycles. The molecule has 0 bridgehead atoms. The normalized spacial score (nSPS) is 18.6. The summed E-state index contributed by atoms with van der Waals surface area (Å²) < 4.78 is 22.9. The quantitative estimate of drug-likeness (QED) is 0.634. The van der Waals surface area contributed by atoms with Gasteiger partial charge in [0.05, 0.1) is 5.75 Å². The van der Waals surface area contributed by atoms with Crippen LogP contribution in [0.1, 0.15) is 46.0 Å². The maximum absolute atomic E-state index is 11.5. The molecule has 0 aliphatic heterocycles. The first-order valence-corrected chi connectivity index (χ1v) is 8.27. The molecule has 16 heavy (non-hydrogen) atoms. The molecule has 0 aromatic heterocycles. The van der Waals surface area contributed by atoms with Crippen LogP contribution < -0.4 is 5.32 Å². The largest absolute Gasteiger partial charge is 0.315 e. The van der Waals surface area contributed by atoms with Gasteiger partial charge in [0, 0.05) is 18.8 Å². The Labute approximate surface area is 99.9 Å². The van der Waals surface area contributed by atoms with Crippen LogP contribution in [0, 0.1) is 5.41 Å². The molecule has 1 aliphatic carbocycles. The fraction of sp³-hybridized carbons (Fsp3) is 1.00. The molecule has 0 aromatic rings. The molecule has 0 amide bonds. The lowest BCUT2D eigenvalue weighted by molar-refractivity contribution is 0.427. The van der Waals surface area contributed by atoms with Crippen LogP contribution in [0.3, 0.4) is 0 Å². The Morgan fingerprint density at radius 2 is 1.81 bits per heavy atom. The maximum Gasteiger partial charge on any atom is 0.151 e. The molecule has 1 fully saturated rings. The van der Waals surface area contributed by atoms with Gasteiger partial charge >= 0.3 is 0 Å². The third kappa shape index (κ3) is 4.83. The van der Waals surface area contributed by atoms with E-state index in [9.17, 15) is 8.42 Å². The molecule has 4 heteroatoms. The molecular formula is C12H25NO2S. The monoisotopic (exact) mass is 247 g/mol. The van der Waals surface area contributed by atoms with Gasteiger partial charge < -0.3 is 5.32 Å². The highest BCUT2D eigenvalue weighted by Gasteiger charge is 2.40. The molecule has 1 saturated carbocycles. The summed E-state index contributed by atoms with van der Waals surface area (Å²) in [7, 11) is -2.80. The zero-order valence-corrected chi connectivity index (χ0v) is 11.4. The van der Waals surface area contributed by atoms with Crippen molar-refractivity contribution in [3.63, 3.8) is 0 Å². The lowest BCUT2D eigenvalue weighted by atomic mass is 10.0. The van der Waals surface area contributed by atoms with Gasteiger partial charge in [-0.15, -0.1) is 0 Å². The van der Waals surface area contributed by atoms with Crippen molar-refractivity contribution >= 4 is 9.84 Å².